The molecule has 3 aromatic rings. The van der Waals surface area contributed by atoms with Crippen LogP contribution in [0.2, 0.25) is 5.02 Å². The maximum atomic E-state index is 11.9. The van der Waals surface area contributed by atoms with Crippen molar-refractivity contribution in [2.75, 3.05) is 17.7 Å². The van der Waals surface area contributed by atoms with Gasteiger partial charge in [0.25, 0.3) is 0 Å². The third-order valence-electron chi connectivity index (χ3n) is 3.96. The number of nitrogens with zero attached hydrogens (tertiary/aromatic N) is 2. The first-order valence-electron chi connectivity index (χ1n) is 8.30. The molecule has 0 fully saturated rings. The van der Waals surface area contributed by atoms with Gasteiger partial charge >= 0.3 is 5.97 Å². The zero-order valence-corrected chi connectivity index (χ0v) is 16.0. The minimum Gasteiger partial charge on any atom is -0.465 e. The number of aryl methyl sites for hydroxylation is 1. The predicted octanol–water partition coefficient (Wildman–Crippen LogP) is 5.02. The molecule has 0 saturated carbocycles. The molecule has 0 amide bonds. The van der Waals surface area contributed by atoms with Gasteiger partial charge in [0.15, 0.2) is 0 Å². The molecule has 0 aliphatic rings. The van der Waals surface area contributed by atoms with E-state index < -0.39 is 5.97 Å². The van der Waals surface area contributed by atoms with E-state index in [2.05, 4.69) is 20.6 Å². The Morgan fingerprint density at radius 1 is 0.963 bits per heavy atom. The van der Waals surface area contributed by atoms with Gasteiger partial charge in [-0.05, 0) is 43.7 Å². The van der Waals surface area contributed by atoms with Crippen LogP contribution in [0.15, 0.2) is 48.5 Å². The number of hydrogen-bond acceptors (Lipinski definition) is 6. The SMILES string of the molecule is COC(=O)c1ccccc1Nc1cc(Nc2cccc(Cl)c2C)nc(C)n1. The van der Waals surface area contributed by atoms with Crippen molar-refractivity contribution in [3.63, 3.8) is 0 Å². The number of para-hydroxylation sites is 1. The highest BCUT2D eigenvalue weighted by atomic mass is 35.5. The zero-order valence-electron chi connectivity index (χ0n) is 15.2. The number of hydrogen-bond donors (Lipinski definition) is 2. The Morgan fingerprint density at radius 2 is 1.59 bits per heavy atom. The quantitative estimate of drug-likeness (QED) is 0.603. The Bertz CT molecular complexity index is 991. The van der Waals surface area contributed by atoms with Crippen molar-refractivity contribution in [3.05, 3.63) is 70.5 Å². The second kappa shape index (κ2) is 8.05. The van der Waals surface area contributed by atoms with Crippen molar-refractivity contribution in [3.8, 4) is 0 Å². The molecule has 6 nitrogen and oxygen atoms in total. The van der Waals surface area contributed by atoms with E-state index in [1.807, 2.05) is 31.2 Å². The highest BCUT2D eigenvalue weighted by Crippen LogP contribution is 2.27. The van der Waals surface area contributed by atoms with Gasteiger partial charge < -0.3 is 15.4 Å². The predicted molar refractivity (Wildman–Crippen MR) is 107 cm³/mol. The molecular weight excluding hydrogens is 364 g/mol. The summed E-state index contributed by atoms with van der Waals surface area (Å²) in [6.07, 6.45) is 0. The van der Waals surface area contributed by atoms with Crippen molar-refractivity contribution < 1.29 is 9.53 Å². The number of esters is 1. The van der Waals surface area contributed by atoms with Gasteiger partial charge in [0.05, 0.1) is 18.4 Å². The summed E-state index contributed by atoms with van der Waals surface area (Å²) in [5.41, 5.74) is 2.83. The molecule has 0 spiro atoms. The van der Waals surface area contributed by atoms with E-state index in [0.717, 1.165) is 11.3 Å². The summed E-state index contributed by atoms with van der Waals surface area (Å²) in [6, 6.07) is 14.5. The number of rotatable bonds is 5. The van der Waals surface area contributed by atoms with Crippen LogP contribution in [-0.2, 0) is 4.74 Å². The summed E-state index contributed by atoms with van der Waals surface area (Å²) in [7, 11) is 1.35. The number of benzene rings is 2. The number of ether oxygens (including phenoxy) is 1. The second-order valence-corrected chi connectivity index (χ2v) is 6.29. The lowest BCUT2D eigenvalue weighted by Gasteiger charge is -2.13. The second-order valence-electron chi connectivity index (χ2n) is 5.89. The molecule has 0 bridgehead atoms. The molecule has 0 aliphatic heterocycles. The van der Waals surface area contributed by atoms with Gasteiger partial charge in [0.1, 0.15) is 17.5 Å². The third kappa shape index (κ3) is 4.35. The maximum Gasteiger partial charge on any atom is 0.339 e. The minimum atomic E-state index is -0.420. The smallest absolute Gasteiger partial charge is 0.339 e. The molecular formula is C20H19ClN4O2. The Labute approximate surface area is 162 Å². The fraction of sp³-hybridized carbons (Fsp3) is 0.150. The molecule has 2 aromatic carbocycles. The molecule has 1 aromatic heterocycles. The van der Waals surface area contributed by atoms with Gasteiger partial charge in [-0.15, -0.1) is 0 Å². The highest BCUT2D eigenvalue weighted by molar-refractivity contribution is 6.31. The lowest BCUT2D eigenvalue weighted by molar-refractivity contribution is 0.0602. The van der Waals surface area contributed by atoms with Crippen molar-refractivity contribution in [1.29, 1.82) is 0 Å². The van der Waals surface area contributed by atoms with Crippen molar-refractivity contribution in [2.45, 2.75) is 13.8 Å². The standard InChI is InChI=1S/C20H19ClN4O2/c1-12-15(21)8-6-10-16(12)24-18-11-19(23-13(2)22-18)25-17-9-5-4-7-14(17)20(26)27-3/h4-11H,1-3H3,(H2,22,23,24,25). The van der Waals surface area contributed by atoms with E-state index in [9.17, 15) is 4.79 Å². The van der Waals surface area contributed by atoms with E-state index in [-0.39, 0.29) is 0 Å². The molecule has 0 atom stereocenters. The van der Waals surface area contributed by atoms with Gasteiger partial charge in [0.2, 0.25) is 0 Å². The monoisotopic (exact) mass is 382 g/mol. The number of aromatic nitrogens is 2. The Kier molecular flexibility index (Phi) is 5.57. The minimum absolute atomic E-state index is 0.420. The van der Waals surface area contributed by atoms with E-state index in [1.54, 1.807) is 31.2 Å². The number of halogens is 1. The normalized spacial score (nSPS) is 10.4. The number of anilines is 4. The van der Waals surface area contributed by atoms with E-state index in [4.69, 9.17) is 16.3 Å². The number of carbonyl (C=O) groups excluding carboxylic acids is 1. The number of nitrogens with one attached hydrogen (secondary N) is 2. The largest absolute Gasteiger partial charge is 0.465 e. The van der Waals surface area contributed by atoms with Crippen LogP contribution >= 0.6 is 11.6 Å². The Balaban J connectivity index is 1.91. The van der Waals surface area contributed by atoms with Crippen LogP contribution in [0.4, 0.5) is 23.0 Å². The van der Waals surface area contributed by atoms with Gasteiger partial charge in [-0.25, -0.2) is 14.8 Å². The summed E-state index contributed by atoms with van der Waals surface area (Å²) >= 11 is 6.18. The molecule has 27 heavy (non-hydrogen) atoms. The molecule has 0 radical (unpaired) electrons. The summed E-state index contributed by atoms with van der Waals surface area (Å²) in [5.74, 6) is 1.33. The van der Waals surface area contributed by atoms with Crippen LogP contribution in [0.25, 0.3) is 0 Å². The van der Waals surface area contributed by atoms with Crippen LogP contribution in [-0.4, -0.2) is 23.0 Å². The Hall–Kier alpha value is -3.12. The molecule has 3 rings (SSSR count). The van der Waals surface area contributed by atoms with Crippen molar-refractivity contribution in [2.24, 2.45) is 0 Å². The van der Waals surface area contributed by atoms with Crippen molar-refractivity contribution in [1.82, 2.24) is 9.97 Å². The first-order chi connectivity index (χ1) is 13.0. The maximum absolute atomic E-state index is 11.9. The average molecular weight is 383 g/mol. The highest BCUT2D eigenvalue weighted by Gasteiger charge is 2.12. The number of methoxy groups -OCH3 is 1. The first kappa shape index (κ1) is 18.7. The topological polar surface area (TPSA) is 76.1 Å². The van der Waals surface area contributed by atoms with Gasteiger partial charge in [-0.2, -0.15) is 0 Å². The van der Waals surface area contributed by atoms with Crippen LogP contribution in [0, 0.1) is 13.8 Å². The summed E-state index contributed by atoms with van der Waals surface area (Å²) < 4.78 is 4.83. The lowest BCUT2D eigenvalue weighted by Crippen LogP contribution is -2.07. The van der Waals surface area contributed by atoms with E-state index in [1.165, 1.54) is 7.11 Å². The van der Waals surface area contributed by atoms with Gasteiger partial charge in [-0.3, -0.25) is 0 Å². The van der Waals surface area contributed by atoms with Crippen LogP contribution in [0.5, 0.6) is 0 Å². The molecule has 7 heteroatoms. The summed E-state index contributed by atoms with van der Waals surface area (Å²) in [4.78, 5) is 20.8. The molecule has 2 N–H and O–H groups in total. The van der Waals surface area contributed by atoms with Crippen LogP contribution < -0.4 is 10.6 Å². The van der Waals surface area contributed by atoms with E-state index in [0.29, 0.717) is 33.7 Å². The van der Waals surface area contributed by atoms with Gasteiger partial charge in [-0.1, -0.05) is 29.8 Å². The molecule has 138 valence electrons. The average Bonchev–Trinajstić information content (AvgIpc) is 2.65. The fourth-order valence-electron chi connectivity index (χ4n) is 2.59. The van der Waals surface area contributed by atoms with Crippen LogP contribution in [0.1, 0.15) is 21.7 Å². The number of carbonyl (C=O) groups is 1. The summed E-state index contributed by atoms with van der Waals surface area (Å²) in [5, 5.41) is 7.10. The van der Waals surface area contributed by atoms with E-state index >= 15 is 0 Å². The van der Waals surface area contributed by atoms with Crippen molar-refractivity contribution >= 4 is 40.6 Å². The first-order valence-corrected chi connectivity index (χ1v) is 8.68. The van der Waals surface area contributed by atoms with Crippen LogP contribution in [0.3, 0.4) is 0 Å². The zero-order chi connectivity index (χ0) is 19.4. The molecule has 0 unspecified atom stereocenters. The summed E-state index contributed by atoms with van der Waals surface area (Å²) in [6.45, 7) is 3.73. The lowest BCUT2D eigenvalue weighted by atomic mass is 10.2. The third-order valence-corrected chi connectivity index (χ3v) is 4.37. The van der Waals surface area contributed by atoms with Gasteiger partial charge in [0, 0.05) is 16.8 Å². The Morgan fingerprint density at radius 3 is 2.30 bits per heavy atom. The molecule has 0 aliphatic carbocycles. The fourth-order valence-corrected chi connectivity index (χ4v) is 2.77. The molecule has 0 saturated heterocycles. The molecule has 1 heterocycles.